The van der Waals surface area contributed by atoms with Gasteiger partial charge in [0.05, 0.1) is 6.04 Å². The molecule has 0 radical (unpaired) electrons. The van der Waals surface area contributed by atoms with Crippen LogP contribution in [0.3, 0.4) is 0 Å². The van der Waals surface area contributed by atoms with E-state index in [9.17, 15) is 4.79 Å². The van der Waals surface area contributed by atoms with Gasteiger partial charge in [0.25, 0.3) is 5.91 Å². The molecule has 6 nitrogen and oxygen atoms in total. The van der Waals surface area contributed by atoms with Gasteiger partial charge in [-0.15, -0.1) is 16.4 Å². The van der Waals surface area contributed by atoms with E-state index in [-0.39, 0.29) is 17.8 Å². The van der Waals surface area contributed by atoms with Crippen molar-refractivity contribution in [1.82, 2.24) is 25.5 Å². The van der Waals surface area contributed by atoms with Gasteiger partial charge in [0, 0.05) is 17.5 Å². The summed E-state index contributed by atoms with van der Waals surface area (Å²) >= 11 is 1.53. The first-order valence-corrected chi connectivity index (χ1v) is 7.12. The van der Waals surface area contributed by atoms with Crippen molar-refractivity contribution in [2.24, 2.45) is 0 Å². The molecule has 2 N–H and O–H groups in total. The van der Waals surface area contributed by atoms with E-state index >= 15 is 0 Å². The first-order chi connectivity index (χ1) is 9.10. The number of aromatic nitrogens is 4. The molecule has 0 aliphatic rings. The summed E-state index contributed by atoms with van der Waals surface area (Å²) < 4.78 is 0. The van der Waals surface area contributed by atoms with Gasteiger partial charge in [-0.3, -0.25) is 9.89 Å². The number of aryl methyl sites for hydroxylation is 2. The van der Waals surface area contributed by atoms with Gasteiger partial charge in [-0.1, -0.05) is 6.92 Å². The number of H-pyrrole nitrogens is 1. The summed E-state index contributed by atoms with van der Waals surface area (Å²) in [5.74, 6) is 0.646. The normalized spacial score (nSPS) is 12.4. The van der Waals surface area contributed by atoms with Crippen LogP contribution in [0, 0.1) is 6.92 Å². The Labute approximate surface area is 115 Å². The van der Waals surface area contributed by atoms with Crippen LogP contribution in [0.25, 0.3) is 0 Å². The molecule has 0 aliphatic heterocycles. The molecule has 2 aromatic rings. The van der Waals surface area contributed by atoms with Gasteiger partial charge in [0.15, 0.2) is 0 Å². The van der Waals surface area contributed by atoms with Crippen LogP contribution in [0.1, 0.15) is 53.5 Å². The van der Waals surface area contributed by atoms with Gasteiger partial charge < -0.3 is 5.32 Å². The van der Waals surface area contributed by atoms with E-state index in [1.54, 1.807) is 0 Å². The molecule has 1 unspecified atom stereocenters. The fourth-order valence-electron chi connectivity index (χ4n) is 1.64. The van der Waals surface area contributed by atoms with Crippen LogP contribution in [0.15, 0.2) is 5.38 Å². The van der Waals surface area contributed by atoms with Gasteiger partial charge in [-0.05, 0) is 20.3 Å². The third kappa shape index (κ3) is 3.37. The summed E-state index contributed by atoms with van der Waals surface area (Å²) in [6.45, 7) is 5.88. The minimum atomic E-state index is -0.279. The molecular formula is C12H17N5OS. The number of nitrogens with one attached hydrogen (secondary N) is 2. The molecule has 0 aromatic carbocycles. The minimum Gasteiger partial charge on any atom is -0.340 e. The van der Waals surface area contributed by atoms with E-state index in [0.717, 1.165) is 29.4 Å². The smallest absolute Gasteiger partial charge is 0.291 e. The summed E-state index contributed by atoms with van der Waals surface area (Å²) in [5, 5.41) is 12.4. The molecule has 2 heterocycles. The van der Waals surface area contributed by atoms with Crippen LogP contribution in [-0.4, -0.2) is 26.1 Å². The highest BCUT2D eigenvalue weighted by Crippen LogP contribution is 2.17. The second-order valence-electron chi connectivity index (χ2n) is 4.38. The van der Waals surface area contributed by atoms with Crippen molar-refractivity contribution < 1.29 is 4.79 Å². The third-order valence-electron chi connectivity index (χ3n) is 2.58. The average Bonchev–Trinajstić information content (AvgIpc) is 2.98. The van der Waals surface area contributed by atoms with Crippen molar-refractivity contribution in [3.63, 3.8) is 0 Å². The Morgan fingerprint density at radius 2 is 2.32 bits per heavy atom. The first-order valence-electron chi connectivity index (χ1n) is 6.24. The van der Waals surface area contributed by atoms with E-state index in [1.807, 2.05) is 19.2 Å². The lowest BCUT2D eigenvalue weighted by molar-refractivity contribution is 0.0929. The highest BCUT2D eigenvalue weighted by Gasteiger charge is 2.17. The van der Waals surface area contributed by atoms with Crippen LogP contribution in [0.2, 0.25) is 0 Å². The summed E-state index contributed by atoms with van der Waals surface area (Å²) in [6, 6.07) is -0.140. The monoisotopic (exact) mass is 279 g/mol. The Hall–Kier alpha value is -1.76. The minimum absolute atomic E-state index is 0.140. The molecule has 0 spiro atoms. The van der Waals surface area contributed by atoms with Crippen LogP contribution >= 0.6 is 11.3 Å². The van der Waals surface area contributed by atoms with Crippen molar-refractivity contribution in [2.75, 3.05) is 0 Å². The zero-order valence-electron chi connectivity index (χ0n) is 11.2. The van der Waals surface area contributed by atoms with Crippen LogP contribution < -0.4 is 5.32 Å². The number of thiazole rings is 1. The zero-order chi connectivity index (χ0) is 13.8. The Kier molecular flexibility index (Phi) is 4.26. The quantitative estimate of drug-likeness (QED) is 0.877. The van der Waals surface area contributed by atoms with Crippen LogP contribution in [-0.2, 0) is 6.42 Å². The topological polar surface area (TPSA) is 83.6 Å². The van der Waals surface area contributed by atoms with Gasteiger partial charge in [-0.25, -0.2) is 9.97 Å². The van der Waals surface area contributed by atoms with Crippen molar-refractivity contribution in [3.8, 4) is 0 Å². The van der Waals surface area contributed by atoms with Gasteiger partial charge in [0.2, 0.25) is 5.82 Å². The number of carbonyl (C=O) groups is 1. The molecule has 7 heteroatoms. The SMILES string of the molecule is CCCc1nc(C(=O)NC(C)c2nc(C)cs2)n[nH]1. The highest BCUT2D eigenvalue weighted by atomic mass is 32.1. The Morgan fingerprint density at radius 1 is 1.53 bits per heavy atom. The predicted molar refractivity (Wildman–Crippen MR) is 73.1 cm³/mol. The fraction of sp³-hybridized carbons (Fsp3) is 0.500. The van der Waals surface area contributed by atoms with Crippen molar-refractivity contribution in [1.29, 1.82) is 0 Å². The molecule has 0 bridgehead atoms. The largest absolute Gasteiger partial charge is 0.340 e. The van der Waals surface area contributed by atoms with Crippen LogP contribution in [0.4, 0.5) is 0 Å². The summed E-state index contributed by atoms with van der Waals surface area (Å²) in [6.07, 6.45) is 1.76. The molecule has 0 aliphatic carbocycles. The number of hydrogen-bond donors (Lipinski definition) is 2. The van der Waals surface area contributed by atoms with Crippen molar-refractivity contribution in [3.05, 3.63) is 27.7 Å². The highest BCUT2D eigenvalue weighted by molar-refractivity contribution is 7.09. The molecule has 2 rings (SSSR count). The fourth-order valence-corrected chi connectivity index (χ4v) is 2.44. The molecule has 0 fully saturated rings. The van der Waals surface area contributed by atoms with Crippen molar-refractivity contribution in [2.45, 2.75) is 39.7 Å². The molecule has 1 atom stereocenters. The standard InChI is InChI=1S/C12H17N5OS/c1-4-5-9-15-10(17-16-9)11(18)14-8(3)12-13-7(2)6-19-12/h6,8H,4-5H2,1-3H3,(H,14,18)(H,15,16,17). The maximum atomic E-state index is 12.0. The van der Waals surface area contributed by atoms with Crippen molar-refractivity contribution >= 4 is 17.2 Å². The number of nitrogens with zero attached hydrogens (tertiary/aromatic N) is 3. The molecule has 19 heavy (non-hydrogen) atoms. The predicted octanol–water partition coefficient (Wildman–Crippen LogP) is 2.01. The van der Waals surface area contributed by atoms with E-state index in [1.165, 1.54) is 11.3 Å². The van der Waals surface area contributed by atoms with E-state index in [4.69, 9.17) is 0 Å². The zero-order valence-corrected chi connectivity index (χ0v) is 12.0. The lowest BCUT2D eigenvalue weighted by Gasteiger charge is -2.08. The van der Waals surface area contributed by atoms with E-state index < -0.39 is 0 Å². The summed E-state index contributed by atoms with van der Waals surface area (Å²) in [4.78, 5) is 20.5. The van der Waals surface area contributed by atoms with E-state index in [2.05, 4.69) is 32.4 Å². The Balaban J connectivity index is 1.99. The van der Waals surface area contributed by atoms with Gasteiger partial charge in [0.1, 0.15) is 10.8 Å². The second-order valence-corrected chi connectivity index (χ2v) is 5.27. The number of carbonyl (C=O) groups excluding carboxylic acids is 1. The number of aromatic amines is 1. The molecule has 1 amide bonds. The summed E-state index contributed by atoms with van der Waals surface area (Å²) in [7, 11) is 0. The third-order valence-corrected chi connectivity index (χ3v) is 3.72. The second kappa shape index (κ2) is 5.92. The van der Waals surface area contributed by atoms with Gasteiger partial charge in [-0.2, -0.15) is 0 Å². The van der Waals surface area contributed by atoms with Gasteiger partial charge >= 0.3 is 0 Å². The molecule has 0 saturated carbocycles. The lowest BCUT2D eigenvalue weighted by Crippen LogP contribution is -2.27. The lowest BCUT2D eigenvalue weighted by atomic mass is 10.3. The van der Waals surface area contributed by atoms with Crippen LogP contribution in [0.5, 0.6) is 0 Å². The average molecular weight is 279 g/mol. The Bertz CT molecular complexity index is 562. The summed E-state index contributed by atoms with van der Waals surface area (Å²) in [5.41, 5.74) is 0.962. The molecular weight excluding hydrogens is 262 g/mol. The number of hydrogen-bond acceptors (Lipinski definition) is 5. The number of rotatable bonds is 5. The maximum absolute atomic E-state index is 12.0. The molecule has 102 valence electrons. The first kappa shape index (κ1) is 13.7. The number of amides is 1. The molecule has 0 saturated heterocycles. The Morgan fingerprint density at radius 3 is 2.95 bits per heavy atom. The van der Waals surface area contributed by atoms with E-state index in [0.29, 0.717) is 0 Å². The maximum Gasteiger partial charge on any atom is 0.291 e. The molecule has 2 aromatic heterocycles.